The molecule has 0 aliphatic rings. The van der Waals surface area contributed by atoms with Crippen molar-refractivity contribution < 1.29 is 0 Å². The highest BCUT2D eigenvalue weighted by Gasteiger charge is 2.09. The van der Waals surface area contributed by atoms with Crippen molar-refractivity contribution >= 4 is 29.0 Å². The number of hydrogen-bond acceptors (Lipinski definition) is 5. The van der Waals surface area contributed by atoms with E-state index in [1.807, 2.05) is 17.7 Å². The summed E-state index contributed by atoms with van der Waals surface area (Å²) in [6, 6.07) is 0.106. The summed E-state index contributed by atoms with van der Waals surface area (Å²) in [5.41, 5.74) is 0. The van der Waals surface area contributed by atoms with E-state index >= 15 is 0 Å². The number of hydrogen-bond donors (Lipinski definition) is 1. The number of aromatic nitrogens is 5. The maximum atomic E-state index is 5.85. The average Bonchev–Trinajstić information content (AvgIpc) is 2.76. The molecule has 2 aromatic rings. The van der Waals surface area contributed by atoms with Crippen LogP contribution in [0.2, 0.25) is 10.4 Å². The van der Waals surface area contributed by atoms with Gasteiger partial charge >= 0.3 is 0 Å². The molecule has 2 rings (SSSR count). The van der Waals surface area contributed by atoms with Gasteiger partial charge in [0.15, 0.2) is 11.0 Å². The summed E-state index contributed by atoms with van der Waals surface area (Å²) in [7, 11) is 0. The van der Waals surface area contributed by atoms with Crippen molar-refractivity contribution in [2.45, 2.75) is 19.5 Å². The number of anilines is 1. The lowest BCUT2D eigenvalue weighted by Gasteiger charge is -2.15. The van der Waals surface area contributed by atoms with Gasteiger partial charge in [-0.3, -0.25) is 0 Å². The van der Waals surface area contributed by atoms with Gasteiger partial charge in [-0.15, -0.1) is 10.2 Å². The molecule has 90 valence electrons. The Morgan fingerprint density at radius 2 is 2.24 bits per heavy atom. The Kier molecular flexibility index (Phi) is 3.75. The molecule has 0 aliphatic carbocycles. The lowest BCUT2D eigenvalue weighted by Crippen LogP contribution is -2.22. The monoisotopic (exact) mass is 272 g/mol. The molecule has 17 heavy (non-hydrogen) atoms. The molecule has 0 aliphatic heterocycles. The van der Waals surface area contributed by atoms with Crippen LogP contribution < -0.4 is 5.32 Å². The Labute approximate surface area is 108 Å². The Hall–Kier alpha value is -1.40. The molecular weight excluding hydrogens is 263 g/mol. The average molecular weight is 273 g/mol. The number of nitrogens with one attached hydrogen (secondary N) is 1. The van der Waals surface area contributed by atoms with Crippen molar-refractivity contribution in [2.24, 2.45) is 0 Å². The molecule has 1 unspecified atom stereocenters. The molecule has 8 heteroatoms. The predicted molar refractivity (Wildman–Crippen MR) is 65.2 cm³/mol. The van der Waals surface area contributed by atoms with Crippen molar-refractivity contribution in [3.8, 4) is 0 Å². The van der Waals surface area contributed by atoms with Crippen LogP contribution in [0.25, 0.3) is 0 Å². The van der Waals surface area contributed by atoms with Gasteiger partial charge in [-0.25, -0.2) is 4.98 Å². The van der Waals surface area contributed by atoms with Crippen LogP contribution in [0.15, 0.2) is 18.7 Å². The van der Waals surface area contributed by atoms with E-state index in [1.54, 1.807) is 12.5 Å². The van der Waals surface area contributed by atoms with Gasteiger partial charge in [0.1, 0.15) is 0 Å². The van der Waals surface area contributed by atoms with Crippen LogP contribution in [0.3, 0.4) is 0 Å². The van der Waals surface area contributed by atoms with E-state index in [0.717, 1.165) is 6.54 Å². The largest absolute Gasteiger partial charge is 0.363 e. The van der Waals surface area contributed by atoms with E-state index < -0.39 is 0 Å². The van der Waals surface area contributed by atoms with Crippen LogP contribution in [-0.2, 0) is 6.54 Å². The van der Waals surface area contributed by atoms with Gasteiger partial charge < -0.3 is 9.88 Å². The molecule has 0 fully saturated rings. The fourth-order valence-electron chi connectivity index (χ4n) is 1.38. The highest BCUT2D eigenvalue weighted by atomic mass is 35.5. The van der Waals surface area contributed by atoms with Gasteiger partial charge in [-0.2, -0.15) is 4.98 Å². The molecule has 0 aromatic carbocycles. The van der Waals surface area contributed by atoms with Crippen molar-refractivity contribution in [2.75, 3.05) is 5.32 Å². The molecule has 2 heterocycles. The Balaban J connectivity index is 2.02. The highest BCUT2D eigenvalue weighted by Crippen LogP contribution is 2.17. The SMILES string of the molecule is CC(Cn1ccnc1)Nc1nc(Cl)nnc1Cl. The molecule has 0 spiro atoms. The van der Waals surface area contributed by atoms with Crippen LogP contribution in [-0.4, -0.2) is 30.8 Å². The number of imidazole rings is 1. The minimum absolute atomic E-state index is 0.0618. The topological polar surface area (TPSA) is 68.5 Å². The smallest absolute Gasteiger partial charge is 0.245 e. The zero-order valence-electron chi connectivity index (χ0n) is 9.01. The van der Waals surface area contributed by atoms with Crippen LogP contribution in [0.5, 0.6) is 0 Å². The van der Waals surface area contributed by atoms with E-state index in [2.05, 4.69) is 25.5 Å². The minimum Gasteiger partial charge on any atom is -0.363 e. The van der Waals surface area contributed by atoms with Crippen molar-refractivity contribution in [1.29, 1.82) is 0 Å². The zero-order chi connectivity index (χ0) is 12.3. The summed E-state index contributed by atoms with van der Waals surface area (Å²) in [6.45, 7) is 2.73. The standard InChI is InChI=1S/C9H10Cl2N6/c1-6(4-17-3-2-12-5-17)13-8-7(10)15-16-9(11)14-8/h2-3,5-6H,4H2,1H3,(H,13,14,16). The van der Waals surface area contributed by atoms with Crippen LogP contribution in [0.4, 0.5) is 5.82 Å². The zero-order valence-corrected chi connectivity index (χ0v) is 10.5. The van der Waals surface area contributed by atoms with E-state index in [9.17, 15) is 0 Å². The molecular formula is C9H10Cl2N6. The van der Waals surface area contributed by atoms with Gasteiger partial charge in [0, 0.05) is 25.0 Å². The number of rotatable bonds is 4. The fourth-order valence-corrected chi connectivity index (χ4v) is 1.63. The lowest BCUT2D eigenvalue weighted by molar-refractivity contribution is 0.616. The maximum absolute atomic E-state index is 5.85. The summed E-state index contributed by atoms with van der Waals surface area (Å²) < 4.78 is 1.95. The molecule has 0 saturated carbocycles. The van der Waals surface area contributed by atoms with Gasteiger partial charge in [-0.05, 0) is 18.5 Å². The first kappa shape index (κ1) is 12.1. The second kappa shape index (κ2) is 5.29. The molecule has 6 nitrogen and oxygen atoms in total. The van der Waals surface area contributed by atoms with E-state index in [4.69, 9.17) is 23.2 Å². The third-order valence-corrected chi connectivity index (χ3v) is 2.46. The maximum Gasteiger partial charge on any atom is 0.245 e. The summed E-state index contributed by atoms with van der Waals surface area (Å²) in [5, 5.41) is 10.6. The Morgan fingerprint density at radius 1 is 1.41 bits per heavy atom. The minimum atomic E-state index is 0.0618. The molecule has 0 bridgehead atoms. The fraction of sp³-hybridized carbons (Fsp3) is 0.333. The van der Waals surface area contributed by atoms with Gasteiger partial charge in [-0.1, -0.05) is 11.6 Å². The van der Waals surface area contributed by atoms with Gasteiger partial charge in [0.05, 0.1) is 6.33 Å². The van der Waals surface area contributed by atoms with E-state index in [-0.39, 0.29) is 16.5 Å². The molecule has 0 radical (unpaired) electrons. The second-order valence-corrected chi connectivity index (χ2v) is 4.22. The third-order valence-electron chi connectivity index (χ3n) is 2.05. The second-order valence-electron chi connectivity index (χ2n) is 3.53. The number of halogens is 2. The van der Waals surface area contributed by atoms with Gasteiger partial charge in [0.2, 0.25) is 5.28 Å². The predicted octanol–water partition coefficient (Wildman–Crippen LogP) is 1.88. The molecule has 0 amide bonds. The normalized spacial score (nSPS) is 12.4. The summed E-state index contributed by atoms with van der Waals surface area (Å²) in [5.74, 6) is 0.430. The third kappa shape index (κ3) is 3.28. The van der Waals surface area contributed by atoms with Crippen LogP contribution in [0, 0.1) is 0 Å². The summed E-state index contributed by atoms with van der Waals surface area (Å²) in [6.07, 6.45) is 5.35. The Bertz CT molecular complexity index is 486. The molecule has 1 atom stereocenters. The van der Waals surface area contributed by atoms with Crippen molar-refractivity contribution in [3.05, 3.63) is 29.2 Å². The summed E-state index contributed by atoms with van der Waals surface area (Å²) in [4.78, 5) is 7.93. The highest BCUT2D eigenvalue weighted by molar-refractivity contribution is 6.32. The quantitative estimate of drug-likeness (QED) is 0.921. The number of nitrogens with zero attached hydrogens (tertiary/aromatic N) is 5. The Morgan fingerprint density at radius 3 is 2.94 bits per heavy atom. The molecule has 2 aromatic heterocycles. The first-order valence-corrected chi connectivity index (χ1v) is 5.68. The first-order valence-electron chi connectivity index (χ1n) is 4.93. The van der Waals surface area contributed by atoms with E-state index in [1.165, 1.54) is 0 Å². The lowest BCUT2D eigenvalue weighted by atomic mass is 10.3. The van der Waals surface area contributed by atoms with Crippen LogP contribution in [0.1, 0.15) is 6.92 Å². The van der Waals surface area contributed by atoms with Crippen LogP contribution >= 0.6 is 23.2 Å². The summed E-state index contributed by atoms with van der Waals surface area (Å²) >= 11 is 11.5. The molecule has 0 saturated heterocycles. The van der Waals surface area contributed by atoms with Gasteiger partial charge in [0.25, 0.3) is 0 Å². The first-order chi connectivity index (χ1) is 8.15. The van der Waals surface area contributed by atoms with Crippen molar-refractivity contribution in [3.63, 3.8) is 0 Å². The van der Waals surface area contributed by atoms with Crippen molar-refractivity contribution in [1.82, 2.24) is 24.7 Å². The van der Waals surface area contributed by atoms with E-state index in [0.29, 0.717) is 5.82 Å². The molecule has 1 N–H and O–H groups in total.